The Hall–Kier alpha value is -1.88. The van der Waals surface area contributed by atoms with Gasteiger partial charge in [-0.1, -0.05) is 19.4 Å². The number of aryl methyl sites for hydroxylation is 2. The number of benzene rings is 1. The monoisotopic (exact) mass is 305 g/mol. The van der Waals surface area contributed by atoms with Gasteiger partial charge in [0.2, 0.25) is 5.56 Å². The van der Waals surface area contributed by atoms with Crippen LogP contribution < -0.4 is 5.56 Å². The second-order valence-corrected chi connectivity index (χ2v) is 7.22. The van der Waals surface area contributed by atoms with Crippen molar-refractivity contribution in [3.63, 3.8) is 0 Å². The number of hydrogen-bond donors (Lipinski definition) is 0. The normalized spacial score (nSPS) is 11.6. The molecule has 0 spiro atoms. The Morgan fingerprint density at radius 3 is 2.43 bits per heavy atom. The maximum absolute atomic E-state index is 11.8. The van der Waals surface area contributed by atoms with Crippen LogP contribution in [0.2, 0.25) is 0 Å². The van der Waals surface area contributed by atoms with Gasteiger partial charge in [-0.2, -0.15) is 0 Å². The van der Waals surface area contributed by atoms with Gasteiger partial charge in [0, 0.05) is 25.6 Å². The summed E-state index contributed by atoms with van der Waals surface area (Å²) in [5.74, 6) is 0. The third kappa shape index (κ3) is 3.42. The quantitative estimate of drug-likeness (QED) is 0.871. The number of sulfone groups is 1. The molecular formula is C16H19NO3S. The van der Waals surface area contributed by atoms with Gasteiger partial charge in [0.15, 0.2) is 9.84 Å². The van der Waals surface area contributed by atoms with Crippen LogP contribution in [-0.2, 0) is 23.3 Å². The fraction of sp³-hybridized carbons (Fsp3) is 0.312. The van der Waals surface area contributed by atoms with Gasteiger partial charge in [-0.15, -0.1) is 0 Å². The zero-order chi connectivity index (χ0) is 15.6. The minimum Gasteiger partial charge on any atom is -0.318 e. The number of hydrogen-bond acceptors (Lipinski definition) is 3. The highest BCUT2D eigenvalue weighted by Gasteiger charge is 2.12. The fourth-order valence-corrected chi connectivity index (χ4v) is 2.94. The second kappa shape index (κ2) is 5.85. The Morgan fingerprint density at radius 2 is 1.86 bits per heavy atom. The zero-order valence-corrected chi connectivity index (χ0v) is 13.3. The number of aromatic nitrogens is 1. The Balaban J connectivity index is 2.68. The van der Waals surface area contributed by atoms with Crippen molar-refractivity contribution >= 4 is 9.84 Å². The molecule has 0 amide bonds. The van der Waals surface area contributed by atoms with Crippen molar-refractivity contribution in [3.05, 3.63) is 52.4 Å². The lowest BCUT2D eigenvalue weighted by Crippen LogP contribution is -2.14. The molecule has 0 saturated carbocycles. The van der Waals surface area contributed by atoms with E-state index in [1.807, 2.05) is 6.07 Å². The molecule has 0 atom stereocenters. The first-order valence-electron chi connectivity index (χ1n) is 6.83. The third-order valence-corrected chi connectivity index (χ3v) is 4.54. The van der Waals surface area contributed by atoms with E-state index in [4.69, 9.17) is 0 Å². The lowest BCUT2D eigenvalue weighted by atomic mass is 9.98. The van der Waals surface area contributed by atoms with Crippen molar-refractivity contribution in [2.24, 2.45) is 7.05 Å². The largest absolute Gasteiger partial charge is 0.318 e. The lowest BCUT2D eigenvalue weighted by molar-refractivity contribution is 0.602. The van der Waals surface area contributed by atoms with E-state index < -0.39 is 9.84 Å². The molecule has 112 valence electrons. The van der Waals surface area contributed by atoms with Gasteiger partial charge in [-0.05, 0) is 41.3 Å². The lowest BCUT2D eigenvalue weighted by Gasteiger charge is -2.12. The summed E-state index contributed by atoms with van der Waals surface area (Å²) in [7, 11) is -1.57. The van der Waals surface area contributed by atoms with E-state index in [9.17, 15) is 13.2 Å². The van der Waals surface area contributed by atoms with Crippen molar-refractivity contribution in [2.75, 3.05) is 6.26 Å². The molecule has 0 aliphatic carbocycles. The van der Waals surface area contributed by atoms with E-state index in [1.165, 1.54) is 16.9 Å². The van der Waals surface area contributed by atoms with Gasteiger partial charge >= 0.3 is 0 Å². The molecule has 1 heterocycles. The molecule has 0 aliphatic heterocycles. The van der Waals surface area contributed by atoms with Crippen LogP contribution in [0.4, 0.5) is 0 Å². The van der Waals surface area contributed by atoms with Gasteiger partial charge in [-0.25, -0.2) is 8.42 Å². The fourth-order valence-electron chi connectivity index (χ4n) is 2.30. The molecule has 4 nitrogen and oxygen atoms in total. The highest BCUT2D eigenvalue weighted by atomic mass is 32.2. The summed E-state index contributed by atoms with van der Waals surface area (Å²) in [5.41, 5.74) is 2.72. The highest BCUT2D eigenvalue weighted by Crippen LogP contribution is 2.27. The summed E-state index contributed by atoms with van der Waals surface area (Å²) in [5, 5.41) is 0. The van der Waals surface area contributed by atoms with E-state index in [0.717, 1.165) is 29.5 Å². The van der Waals surface area contributed by atoms with Crippen LogP contribution in [0.15, 0.2) is 46.2 Å². The minimum absolute atomic E-state index is 0.0879. The number of rotatable bonds is 4. The molecule has 5 heteroatoms. The van der Waals surface area contributed by atoms with E-state index >= 15 is 0 Å². The molecule has 2 rings (SSSR count). The maximum atomic E-state index is 11.8. The third-order valence-electron chi connectivity index (χ3n) is 3.43. The first-order valence-corrected chi connectivity index (χ1v) is 8.72. The summed E-state index contributed by atoms with van der Waals surface area (Å²) in [6.07, 6.45) is 4.77. The predicted molar refractivity (Wildman–Crippen MR) is 84.2 cm³/mol. The van der Waals surface area contributed by atoms with E-state index in [2.05, 4.69) is 6.92 Å². The van der Waals surface area contributed by atoms with Crippen molar-refractivity contribution in [2.45, 2.75) is 24.7 Å². The van der Waals surface area contributed by atoms with Crippen LogP contribution in [0.1, 0.15) is 18.9 Å². The molecular weight excluding hydrogens is 286 g/mol. The predicted octanol–water partition coefficient (Wildman–Crippen LogP) is 2.41. The first-order chi connectivity index (χ1) is 9.82. The molecule has 0 N–H and O–H groups in total. The van der Waals surface area contributed by atoms with E-state index in [1.54, 1.807) is 31.4 Å². The van der Waals surface area contributed by atoms with Gasteiger partial charge in [0.05, 0.1) is 4.90 Å². The SMILES string of the molecule is CCCc1ccc(S(C)(=O)=O)cc1-c1ccc(=O)n(C)c1. The summed E-state index contributed by atoms with van der Waals surface area (Å²) >= 11 is 0. The summed E-state index contributed by atoms with van der Waals surface area (Å²) in [6.45, 7) is 2.08. The molecule has 21 heavy (non-hydrogen) atoms. The van der Waals surface area contributed by atoms with Crippen LogP contribution in [0, 0.1) is 0 Å². The molecule has 1 aromatic heterocycles. The number of nitrogens with zero attached hydrogens (tertiary/aromatic N) is 1. The van der Waals surface area contributed by atoms with Crippen LogP contribution in [0.25, 0.3) is 11.1 Å². The van der Waals surface area contributed by atoms with Crippen LogP contribution in [0.3, 0.4) is 0 Å². The number of pyridine rings is 1. The Kier molecular flexibility index (Phi) is 4.32. The molecule has 1 aromatic carbocycles. The van der Waals surface area contributed by atoms with E-state index in [0.29, 0.717) is 4.90 Å². The molecule has 0 saturated heterocycles. The Labute approximate surface area is 125 Å². The molecule has 0 radical (unpaired) electrons. The molecule has 0 bridgehead atoms. The van der Waals surface area contributed by atoms with Crippen LogP contribution in [0.5, 0.6) is 0 Å². The first kappa shape index (κ1) is 15.5. The molecule has 2 aromatic rings. The topological polar surface area (TPSA) is 56.1 Å². The molecule has 0 aliphatic rings. The van der Waals surface area contributed by atoms with Crippen LogP contribution >= 0.6 is 0 Å². The second-order valence-electron chi connectivity index (χ2n) is 5.21. The van der Waals surface area contributed by atoms with Gasteiger partial charge in [-0.3, -0.25) is 4.79 Å². The van der Waals surface area contributed by atoms with E-state index in [-0.39, 0.29) is 5.56 Å². The molecule has 0 fully saturated rings. The summed E-state index contributed by atoms with van der Waals surface area (Å²) in [6, 6.07) is 8.44. The smallest absolute Gasteiger partial charge is 0.250 e. The van der Waals surface area contributed by atoms with Crippen molar-refractivity contribution in [1.82, 2.24) is 4.57 Å². The van der Waals surface area contributed by atoms with Gasteiger partial charge in [0.25, 0.3) is 0 Å². The zero-order valence-electron chi connectivity index (χ0n) is 12.5. The Morgan fingerprint density at radius 1 is 1.14 bits per heavy atom. The van der Waals surface area contributed by atoms with Crippen molar-refractivity contribution in [1.29, 1.82) is 0 Å². The maximum Gasteiger partial charge on any atom is 0.250 e. The summed E-state index contributed by atoms with van der Waals surface area (Å²) < 4.78 is 25.0. The van der Waals surface area contributed by atoms with Gasteiger partial charge in [0.1, 0.15) is 0 Å². The highest BCUT2D eigenvalue weighted by molar-refractivity contribution is 7.90. The van der Waals surface area contributed by atoms with Crippen LogP contribution in [-0.4, -0.2) is 19.2 Å². The van der Waals surface area contributed by atoms with Crippen molar-refractivity contribution in [3.8, 4) is 11.1 Å². The average Bonchev–Trinajstić information content (AvgIpc) is 2.41. The Bertz CT molecular complexity index is 820. The molecule has 0 unspecified atom stereocenters. The van der Waals surface area contributed by atoms with Gasteiger partial charge < -0.3 is 4.57 Å². The average molecular weight is 305 g/mol. The standard InChI is InChI=1S/C16H19NO3S/c1-4-5-12-6-8-14(21(3,19)20)10-15(12)13-7-9-16(18)17(2)11-13/h6-11H,4-5H2,1-3H3. The van der Waals surface area contributed by atoms with Crippen molar-refractivity contribution < 1.29 is 8.42 Å². The summed E-state index contributed by atoms with van der Waals surface area (Å²) in [4.78, 5) is 11.8. The minimum atomic E-state index is -3.25.